The van der Waals surface area contributed by atoms with Gasteiger partial charge in [-0.25, -0.2) is 19.7 Å². The number of imide groups is 1. The number of carboxylic acid groups (broad SMARTS) is 1. The van der Waals surface area contributed by atoms with Crippen LogP contribution in [0, 0.1) is 5.92 Å². The number of unbranched alkanes of at least 4 members (excludes halogenated alkanes) is 1. The molecule has 0 radical (unpaired) electrons. The number of pyridine rings is 2. The zero-order chi connectivity index (χ0) is 52.7. The molecule has 3 amide bonds. The smallest absolute Gasteiger partial charge is 0.417 e. The number of aromatic carboxylic acids is 1. The van der Waals surface area contributed by atoms with E-state index in [1.807, 2.05) is 60.5 Å². The van der Waals surface area contributed by atoms with Gasteiger partial charge in [0.15, 0.2) is 16.5 Å². The van der Waals surface area contributed by atoms with Crippen molar-refractivity contribution in [3.63, 3.8) is 0 Å². The number of piperazine rings is 1. The van der Waals surface area contributed by atoms with Crippen LogP contribution in [-0.2, 0) is 35.8 Å². The Balaban J connectivity index is 0.662. The van der Waals surface area contributed by atoms with Crippen LogP contribution in [0.4, 0.5) is 29.9 Å². The fourth-order valence-electron chi connectivity index (χ4n) is 11.4. The molecule has 394 valence electrons. The Hall–Kier alpha value is -7.45. The monoisotopic (exact) mass is 1050 g/mol. The van der Waals surface area contributed by atoms with Gasteiger partial charge in [0.25, 0.3) is 5.91 Å². The molecule has 3 N–H and O–H groups in total. The molecule has 3 aromatic carbocycles. The van der Waals surface area contributed by atoms with Crippen molar-refractivity contribution < 1.29 is 42.2 Å². The van der Waals surface area contributed by atoms with Crippen molar-refractivity contribution in [3.05, 3.63) is 119 Å². The fraction of sp³-hybridized carbons (Fsp3) is 0.393. The van der Waals surface area contributed by atoms with Gasteiger partial charge in [-0.15, -0.1) is 0 Å². The first kappa shape index (κ1) is 50.7. The number of carbonyl (C=O) groups excluding carboxylic acids is 3. The number of hydrogen-bond acceptors (Lipinski definition) is 13. The standard InChI is InChI=1S/C56H57F3N10O6S/c1-66-51-40(49(65-66)41-20-23-48(70)63-53(41)72)19-22-47(62-51)68-29-27-67(28-30-68)25-5-4-7-33-12-14-35(15-13-33)75-36-16-17-37(43(31-36)56(57,58)59)38-18-21-46(61-50(38)54(73)74)69-26-24-34-8-6-9-39(42(34)32-69)52(71)64-55-60-44-10-2-3-11-45(44)76-55/h2-3,6,8-11,16-19,21-22,31,33,35,41H,4-5,7,12-15,20,23-30,32H2,1H3,(H,73,74)(H,60,64,71)(H,63,70,72). The molecule has 11 rings (SSSR count). The molecule has 1 unspecified atom stereocenters. The Morgan fingerprint density at radius 2 is 1.61 bits per heavy atom. The SMILES string of the molecule is Cn1nc(C2CCC(=O)NC2=O)c2ccc(N3CCN(CCCCC4CCC(Oc5ccc(-c6ccc(N7CCc8cccc(C(=O)Nc9nc%10ccccc%10s9)c8C7)nc6C(=O)O)c(C(F)(F)F)c5)CC4)CC3)nc21. The van der Waals surface area contributed by atoms with Crippen molar-refractivity contribution in [2.45, 2.75) is 89.0 Å². The number of para-hydroxylation sites is 1. The second-order valence-corrected chi connectivity index (χ2v) is 21.3. The molecule has 20 heteroatoms. The summed E-state index contributed by atoms with van der Waals surface area (Å²) in [5.41, 5.74) is 2.32. The zero-order valence-corrected chi connectivity index (χ0v) is 42.8. The van der Waals surface area contributed by atoms with Crippen molar-refractivity contribution in [2.24, 2.45) is 13.0 Å². The molecule has 1 aliphatic carbocycles. The van der Waals surface area contributed by atoms with Gasteiger partial charge in [-0.1, -0.05) is 54.5 Å². The number of carboxylic acids is 1. The average Bonchev–Trinajstić information content (AvgIpc) is 4.02. The van der Waals surface area contributed by atoms with Gasteiger partial charge in [0.1, 0.15) is 17.4 Å². The maximum absolute atomic E-state index is 14.9. The summed E-state index contributed by atoms with van der Waals surface area (Å²) in [7, 11) is 1.83. The Morgan fingerprint density at radius 1 is 0.829 bits per heavy atom. The maximum Gasteiger partial charge on any atom is 0.417 e. The number of aryl methyl sites for hydroxylation is 1. The number of ether oxygens (including phenoxy) is 1. The number of amides is 3. The molecule has 76 heavy (non-hydrogen) atoms. The largest absolute Gasteiger partial charge is 0.490 e. The third-order valence-corrected chi connectivity index (χ3v) is 16.4. The van der Waals surface area contributed by atoms with Crippen molar-refractivity contribution in [1.29, 1.82) is 0 Å². The van der Waals surface area contributed by atoms with Gasteiger partial charge in [-0.3, -0.25) is 34.6 Å². The lowest BCUT2D eigenvalue weighted by atomic mass is 9.84. The van der Waals surface area contributed by atoms with Gasteiger partial charge in [0.2, 0.25) is 11.8 Å². The third-order valence-electron chi connectivity index (χ3n) is 15.4. The van der Waals surface area contributed by atoms with Crippen LogP contribution in [0.15, 0.2) is 84.9 Å². The minimum atomic E-state index is -4.81. The van der Waals surface area contributed by atoms with E-state index in [1.165, 1.54) is 35.6 Å². The maximum atomic E-state index is 14.9. The number of nitrogens with zero attached hydrogens (tertiary/aromatic N) is 8. The van der Waals surface area contributed by atoms with Crippen LogP contribution in [0.2, 0.25) is 0 Å². The van der Waals surface area contributed by atoms with Crippen molar-refractivity contribution in [1.82, 2.24) is 34.9 Å². The number of piperidine rings is 1. The average molecular weight is 1060 g/mol. The molecule has 16 nitrogen and oxygen atoms in total. The van der Waals surface area contributed by atoms with Crippen LogP contribution >= 0.6 is 11.3 Å². The number of fused-ring (bicyclic) bond motifs is 3. The summed E-state index contributed by atoms with van der Waals surface area (Å²) in [6.45, 7) is 5.22. The van der Waals surface area contributed by atoms with Crippen molar-refractivity contribution >= 4 is 73.0 Å². The van der Waals surface area contributed by atoms with E-state index < -0.39 is 29.3 Å². The van der Waals surface area contributed by atoms with Crippen molar-refractivity contribution in [3.8, 4) is 16.9 Å². The summed E-state index contributed by atoms with van der Waals surface area (Å²) in [4.78, 5) is 71.2. The third kappa shape index (κ3) is 10.7. The number of nitrogens with one attached hydrogen (secondary N) is 2. The molecule has 2 saturated heterocycles. The summed E-state index contributed by atoms with van der Waals surface area (Å²) >= 11 is 1.37. The topological polar surface area (TPSA) is 188 Å². The number of aromatic nitrogens is 5. The predicted octanol–water partition coefficient (Wildman–Crippen LogP) is 9.62. The molecule has 1 saturated carbocycles. The highest BCUT2D eigenvalue weighted by Gasteiger charge is 2.37. The van der Waals surface area contributed by atoms with Crippen LogP contribution in [0.25, 0.3) is 32.4 Å². The Bertz CT molecular complexity index is 3330. The molecular formula is C56H57F3N10O6S. The van der Waals surface area contributed by atoms with E-state index in [0.717, 1.165) is 116 Å². The summed E-state index contributed by atoms with van der Waals surface area (Å²) < 4.78 is 53.5. The van der Waals surface area contributed by atoms with Gasteiger partial charge in [0.05, 0.1) is 33.5 Å². The molecular weight excluding hydrogens is 998 g/mol. The molecule has 3 aliphatic heterocycles. The van der Waals surface area contributed by atoms with Crippen LogP contribution in [-0.4, -0.2) is 104 Å². The highest BCUT2D eigenvalue weighted by atomic mass is 32.1. The van der Waals surface area contributed by atoms with E-state index in [0.29, 0.717) is 47.3 Å². The highest BCUT2D eigenvalue weighted by molar-refractivity contribution is 7.22. The summed E-state index contributed by atoms with van der Waals surface area (Å²) in [5.74, 6) is -1.09. The second kappa shape index (κ2) is 21.3. The zero-order valence-electron chi connectivity index (χ0n) is 41.9. The highest BCUT2D eigenvalue weighted by Crippen LogP contribution is 2.42. The first-order chi connectivity index (χ1) is 36.7. The van der Waals surface area contributed by atoms with E-state index in [-0.39, 0.29) is 59.5 Å². The number of anilines is 3. The number of thiazole rings is 1. The number of rotatable bonds is 14. The molecule has 0 bridgehead atoms. The van der Waals surface area contributed by atoms with Gasteiger partial charge in [-0.2, -0.15) is 18.3 Å². The van der Waals surface area contributed by atoms with Gasteiger partial charge >= 0.3 is 12.1 Å². The number of hydrogen-bond donors (Lipinski definition) is 3. The van der Waals surface area contributed by atoms with E-state index >= 15 is 0 Å². The normalized spacial score (nSPS) is 19.4. The van der Waals surface area contributed by atoms with Crippen LogP contribution in [0.3, 0.4) is 0 Å². The molecule has 1 atom stereocenters. The fourth-order valence-corrected chi connectivity index (χ4v) is 12.2. The number of halogens is 3. The van der Waals surface area contributed by atoms with Gasteiger partial charge in [0, 0.05) is 69.3 Å². The lowest BCUT2D eigenvalue weighted by Gasteiger charge is -2.35. The minimum absolute atomic E-state index is 0.0864. The van der Waals surface area contributed by atoms with E-state index in [4.69, 9.17) is 9.72 Å². The number of benzene rings is 3. The lowest BCUT2D eigenvalue weighted by molar-refractivity contribution is -0.137. The van der Waals surface area contributed by atoms with Crippen LogP contribution in [0.5, 0.6) is 5.75 Å². The minimum Gasteiger partial charge on any atom is -0.490 e. The van der Waals surface area contributed by atoms with E-state index in [2.05, 4.69) is 35.5 Å². The quantitative estimate of drug-likeness (QED) is 0.0691. The van der Waals surface area contributed by atoms with E-state index in [9.17, 15) is 37.5 Å². The Labute approximate surface area is 440 Å². The molecule has 3 fully saturated rings. The lowest BCUT2D eigenvalue weighted by Crippen LogP contribution is -2.46. The van der Waals surface area contributed by atoms with Crippen LogP contribution < -0.4 is 25.2 Å². The molecule has 7 heterocycles. The molecule has 4 aliphatic rings. The summed E-state index contributed by atoms with van der Waals surface area (Å²) in [6.07, 6.45) is 2.79. The molecule has 4 aromatic heterocycles. The summed E-state index contributed by atoms with van der Waals surface area (Å²) in [6, 6.07) is 23.7. The predicted molar refractivity (Wildman–Crippen MR) is 283 cm³/mol. The first-order valence-electron chi connectivity index (χ1n) is 26.0. The number of carbonyl (C=O) groups is 4. The van der Waals surface area contributed by atoms with E-state index in [1.54, 1.807) is 10.7 Å². The molecule has 7 aromatic rings. The summed E-state index contributed by atoms with van der Waals surface area (Å²) in [5, 5.41) is 21.6. The molecule has 0 spiro atoms. The van der Waals surface area contributed by atoms with Gasteiger partial charge < -0.3 is 19.6 Å². The first-order valence-corrected chi connectivity index (χ1v) is 26.8. The Morgan fingerprint density at radius 3 is 2.38 bits per heavy atom. The number of alkyl halides is 3. The Kier molecular flexibility index (Phi) is 14.2. The van der Waals surface area contributed by atoms with Crippen molar-refractivity contribution in [2.75, 3.05) is 54.4 Å². The van der Waals surface area contributed by atoms with Crippen LogP contribution in [0.1, 0.15) is 107 Å². The second-order valence-electron chi connectivity index (χ2n) is 20.3. The van der Waals surface area contributed by atoms with Gasteiger partial charge in [-0.05, 0) is 129 Å².